The van der Waals surface area contributed by atoms with E-state index in [0.29, 0.717) is 16.1 Å². The third-order valence-corrected chi connectivity index (χ3v) is 3.20. The number of hydrogen-bond acceptors (Lipinski definition) is 3. The first kappa shape index (κ1) is 14.3. The van der Waals surface area contributed by atoms with Crippen LogP contribution in [0.3, 0.4) is 0 Å². The molecule has 0 spiro atoms. The van der Waals surface area contributed by atoms with E-state index >= 15 is 0 Å². The van der Waals surface area contributed by atoms with E-state index in [2.05, 4.69) is 0 Å². The van der Waals surface area contributed by atoms with E-state index in [-0.39, 0.29) is 17.3 Å². The Balaban J connectivity index is 2.71. The van der Waals surface area contributed by atoms with Gasteiger partial charge in [0.05, 0.1) is 16.7 Å². The smallest absolute Gasteiger partial charge is 0.286 e. The minimum atomic E-state index is -0.502. The molecule has 0 bridgehead atoms. The van der Waals surface area contributed by atoms with Crippen LogP contribution < -0.4 is 5.56 Å². The van der Waals surface area contributed by atoms with Crippen LogP contribution in [-0.4, -0.2) is 9.49 Å². The summed E-state index contributed by atoms with van der Waals surface area (Å²) in [6, 6.07) is 7.78. The molecule has 0 fully saturated rings. The molecule has 2 aromatic rings. The molecule has 0 saturated heterocycles. The Kier molecular flexibility index (Phi) is 3.90. The van der Waals surface area contributed by atoms with Crippen molar-refractivity contribution < 1.29 is 4.92 Å². The van der Waals surface area contributed by atoms with Gasteiger partial charge >= 0.3 is 0 Å². The molecule has 0 aliphatic carbocycles. The number of rotatable bonds is 3. The Labute approximate surface area is 120 Å². The summed E-state index contributed by atoms with van der Waals surface area (Å²) in [6.07, 6.45) is 1.27. The maximum absolute atomic E-state index is 12.4. The van der Waals surface area contributed by atoms with Crippen molar-refractivity contribution in [3.63, 3.8) is 0 Å². The molecule has 0 amide bonds. The van der Waals surface area contributed by atoms with Gasteiger partial charge in [-0.05, 0) is 31.5 Å². The zero-order chi connectivity index (χ0) is 14.9. The summed E-state index contributed by atoms with van der Waals surface area (Å²) in [6.45, 7) is 3.60. The van der Waals surface area contributed by atoms with Crippen molar-refractivity contribution in [3.8, 4) is 11.1 Å². The standard InChI is InChI=1S/C14H13ClN2O3/c1-9(2)16-8-12(17(19)20)7-13(14(16)18)10-3-5-11(15)6-4-10/h3-9H,1-2H3. The Morgan fingerprint density at radius 1 is 1.25 bits per heavy atom. The quantitative estimate of drug-likeness (QED) is 0.640. The molecule has 6 heteroatoms. The molecule has 1 aromatic carbocycles. The molecule has 1 aromatic heterocycles. The van der Waals surface area contributed by atoms with Gasteiger partial charge in [-0.25, -0.2) is 0 Å². The summed E-state index contributed by atoms with van der Waals surface area (Å²) in [4.78, 5) is 22.9. The summed E-state index contributed by atoms with van der Waals surface area (Å²) < 4.78 is 1.36. The molecule has 0 radical (unpaired) electrons. The summed E-state index contributed by atoms with van der Waals surface area (Å²) in [5.41, 5.74) is 0.540. The molecule has 2 rings (SSSR count). The van der Waals surface area contributed by atoms with Crippen molar-refractivity contribution in [2.24, 2.45) is 0 Å². The van der Waals surface area contributed by atoms with Crippen molar-refractivity contribution in [2.45, 2.75) is 19.9 Å². The number of halogens is 1. The van der Waals surface area contributed by atoms with Crippen LogP contribution in [0.2, 0.25) is 5.02 Å². The SMILES string of the molecule is CC(C)n1cc([N+](=O)[O-])cc(-c2ccc(Cl)cc2)c1=O. The minimum Gasteiger partial charge on any atom is -0.306 e. The van der Waals surface area contributed by atoms with Crippen LogP contribution in [0.5, 0.6) is 0 Å². The van der Waals surface area contributed by atoms with Crippen LogP contribution in [0.4, 0.5) is 5.69 Å². The largest absolute Gasteiger partial charge is 0.306 e. The second-order valence-corrected chi connectivity index (χ2v) is 5.12. The molecule has 5 nitrogen and oxygen atoms in total. The Morgan fingerprint density at radius 2 is 1.85 bits per heavy atom. The third-order valence-electron chi connectivity index (χ3n) is 2.95. The summed E-state index contributed by atoms with van der Waals surface area (Å²) >= 11 is 5.81. The predicted molar refractivity (Wildman–Crippen MR) is 78.2 cm³/mol. The molecule has 1 heterocycles. The van der Waals surface area contributed by atoms with Crippen LogP contribution in [0, 0.1) is 10.1 Å². The van der Waals surface area contributed by atoms with Gasteiger partial charge in [0.2, 0.25) is 0 Å². The van der Waals surface area contributed by atoms with Gasteiger partial charge in [0.1, 0.15) is 0 Å². The first-order valence-electron chi connectivity index (χ1n) is 6.06. The highest BCUT2D eigenvalue weighted by Gasteiger charge is 2.16. The second-order valence-electron chi connectivity index (χ2n) is 4.68. The Morgan fingerprint density at radius 3 is 2.35 bits per heavy atom. The average Bonchev–Trinajstić information content (AvgIpc) is 2.39. The van der Waals surface area contributed by atoms with Crippen LogP contribution in [0.1, 0.15) is 19.9 Å². The van der Waals surface area contributed by atoms with Crippen molar-refractivity contribution in [1.82, 2.24) is 4.57 Å². The highest BCUT2D eigenvalue weighted by Crippen LogP contribution is 2.23. The molecule has 104 valence electrons. The highest BCUT2D eigenvalue weighted by atomic mass is 35.5. The molecular formula is C14H13ClN2O3. The first-order valence-corrected chi connectivity index (χ1v) is 6.44. The Hall–Kier alpha value is -2.14. The molecule has 0 aliphatic rings. The van der Waals surface area contributed by atoms with Gasteiger partial charge in [-0.2, -0.15) is 0 Å². The number of pyridine rings is 1. The fourth-order valence-electron chi connectivity index (χ4n) is 1.91. The molecule has 0 unspecified atom stereocenters. The number of benzene rings is 1. The lowest BCUT2D eigenvalue weighted by atomic mass is 10.1. The van der Waals surface area contributed by atoms with Gasteiger partial charge in [-0.1, -0.05) is 23.7 Å². The normalized spacial score (nSPS) is 10.8. The van der Waals surface area contributed by atoms with E-state index in [4.69, 9.17) is 11.6 Å². The van der Waals surface area contributed by atoms with Crippen molar-refractivity contribution in [2.75, 3.05) is 0 Å². The molecule has 0 atom stereocenters. The fraction of sp³-hybridized carbons (Fsp3) is 0.214. The van der Waals surface area contributed by atoms with E-state index in [1.807, 2.05) is 0 Å². The van der Waals surface area contributed by atoms with Gasteiger partial charge in [0.25, 0.3) is 11.2 Å². The van der Waals surface area contributed by atoms with Gasteiger partial charge in [-0.3, -0.25) is 14.9 Å². The Bertz CT molecular complexity index is 705. The lowest BCUT2D eigenvalue weighted by Gasteiger charge is -2.11. The van der Waals surface area contributed by atoms with E-state index in [1.165, 1.54) is 16.8 Å². The summed E-state index contributed by atoms with van der Waals surface area (Å²) in [5.74, 6) is 0. The molecule has 0 saturated carbocycles. The minimum absolute atomic E-state index is 0.108. The van der Waals surface area contributed by atoms with Crippen molar-refractivity contribution in [3.05, 3.63) is 62.0 Å². The topological polar surface area (TPSA) is 65.1 Å². The fourth-order valence-corrected chi connectivity index (χ4v) is 2.03. The molecule has 20 heavy (non-hydrogen) atoms. The molecular weight excluding hydrogens is 280 g/mol. The predicted octanol–water partition coefficient (Wildman–Crippen LogP) is 3.66. The average molecular weight is 293 g/mol. The zero-order valence-electron chi connectivity index (χ0n) is 11.0. The van der Waals surface area contributed by atoms with Crippen molar-refractivity contribution >= 4 is 17.3 Å². The number of nitrogens with zero attached hydrogens (tertiary/aromatic N) is 2. The lowest BCUT2D eigenvalue weighted by Crippen LogP contribution is -2.23. The highest BCUT2D eigenvalue weighted by molar-refractivity contribution is 6.30. The van der Waals surface area contributed by atoms with Gasteiger partial charge in [0, 0.05) is 17.1 Å². The summed E-state index contributed by atoms with van der Waals surface area (Å²) in [7, 11) is 0. The van der Waals surface area contributed by atoms with Crippen LogP contribution in [0.25, 0.3) is 11.1 Å². The third kappa shape index (κ3) is 2.72. The second kappa shape index (κ2) is 5.46. The first-order chi connectivity index (χ1) is 9.40. The maximum Gasteiger partial charge on any atom is 0.286 e. The number of hydrogen-bond donors (Lipinski definition) is 0. The molecule has 0 N–H and O–H groups in total. The van der Waals surface area contributed by atoms with Gasteiger partial charge in [-0.15, -0.1) is 0 Å². The van der Waals surface area contributed by atoms with Crippen LogP contribution >= 0.6 is 11.6 Å². The van der Waals surface area contributed by atoms with E-state index in [1.54, 1.807) is 38.1 Å². The van der Waals surface area contributed by atoms with E-state index in [9.17, 15) is 14.9 Å². The summed E-state index contributed by atoms with van der Waals surface area (Å²) in [5, 5.41) is 11.5. The van der Waals surface area contributed by atoms with Gasteiger partial charge < -0.3 is 4.57 Å². The van der Waals surface area contributed by atoms with Gasteiger partial charge in [0.15, 0.2) is 0 Å². The monoisotopic (exact) mass is 292 g/mol. The lowest BCUT2D eigenvalue weighted by molar-refractivity contribution is -0.385. The van der Waals surface area contributed by atoms with E-state index < -0.39 is 4.92 Å². The molecule has 0 aliphatic heterocycles. The van der Waals surface area contributed by atoms with Crippen LogP contribution in [0.15, 0.2) is 41.3 Å². The van der Waals surface area contributed by atoms with E-state index in [0.717, 1.165) is 0 Å². The number of nitro groups is 1. The zero-order valence-corrected chi connectivity index (χ0v) is 11.8. The number of aromatic nitrogens is 1. The van der Waals surface area contributed by atoms with Crippen LogP contribution in [-0.2, 0) is 0 Å². The maximum atomic E-state index is 12.4. The van der Waals surface area contributed by atoms with Crippen molar-refractivity contribution in [1.29, 1.82) is 0 Å².